The normalized spacial score (nSPS) is 16.6. The second kappa shape index (κ2) is 6.62. The minimum absolute atomic E-state index is 0.125. The highest BCUT2D eigenvalue weighted by molar-refractivity contribution is 7.85. The topological polar surface area (TPSA) is 84.5 Å². The average Bonchev–Trinajstić information content (AvgIpc) is 3.44. The Balaban J connectivity index is 1.90. The molecule has 0 aliphatic heterocycles. The third kappa shape index (κ3) is 3.19. The second-order valence-electron chi connectivity index (χ2n) is 6.95. The molecule has 3 heterocycles. The number of aryl methyl sites for hydroxylation is 1. The van der Waals surface area contributed by atoms with Gasteiger partial charge < -0.3 is 4.57 Å². The average molecular weight is 419 g/mol. The molecule has 4 rings (SSSR count). The first-order valence-electron chi connectivity index (χ1n) is 8.90. The van der Waals surface area contributed by atoms with Crippen molar-refractivity contribution >= 4 is 21.8 Å². The van der Waals surface area contributed by atoms with E-state index in [0.717, 1.165) is 25.1 Å². The molecule has 150 valence electrons. The molecule has 3 aromatic heterocycles. The van der Waals surface area contributed by atoms with Gasteiger partial charge in [-0.1, -0.05) is 6.92 Å². The van der Waals surface area contributed by atoms with E-state index in [1.165, 1.54) is 0 Å². The maximum absolute atomic E-state index is 13.0. The highest BCUT2D eigenvalue weighted by Gasteiger charge is 2.45. The van der Waals surface area contributed by atoms with E-state index >= 15 is 0 Å². The van der Waals surface area contributed by atoms with Crippen molar-refractivity contribution in [1.82, 2.24) is 19.5 Å². The lowest BCUT2D eigenvalue weighted by Gasteiger charge is -2.12. The summed E-state index contributed by atoms with van der Waals surface area (Å²) < 4.78 is 53.2. The molecule has 0 radical (unpaired) electrons. The van der Waals surface area contributed by atoms with Crippen LogP contribution in [0.25, 0.3) is 22.6 Å². The molecule has 0 saturated heterocycles. The summed E-state index contributed by atoms with van der Waals surface area (Å²) in [4.78, 5) is 12.7. The van der Waals surface area contributed by atoms with Gasteiger partial charge in [0, 0.05) is 19.0 Å². The summed E-state index contributed by atoms with van der Waals surface area (Å²) in [7, 11) is 0.253. The van der Waals surface area contributed by atoms with Crippen LogP contribution in [0.15, 0.2) is 29.4 Å². The van der Waals surface area contributed by atoms with Crippen LogP contribution < -0.4 is 0 Å². The van der Waals surface area contributed by atoms with Gasteiger partial charge in [-0.3, -0.25) is 9.19 Å². The minimum Gasteiger partial charge on any atom is -0.325 e. The molecule has 1 saturated carbocycles. The molecular weight excluding hydrogens is 403 g/mol. The molecule has 1 aliphatic rings. The largest absolute Gasteiger partial charge is 0.433 e. The lowest BCUT2D eigenvalue weighted by atomic mass is 9.99. The van der Waals surface area contributed by atoms with E-state index in [1.54, 1.807) is 30.8 Å². The lowest BCUT2D eigenvalue weighted by molar-refractivity contribution is -0.141. The van der Waals surface area contributed by atoms with Gasteiger partial charge in [0.05, 0.1) is 44.4 Å². The minimum atomic E-state index is -4.57. The van der Waals surface area contributed by atoms with E-state index in [-0.39, 0.29) is 5.52 Å². The summed E-state index contributed by atoms with van der Waals surface area (Å²) in [6, 6.07) is 4.90. The molecule has 0 unspecified atom stereocenters. The first kappa shape index (κ1) is 19.5. The Labute approximate surface area is 166 Å². The third-order valence-corrected chi connectivity index (χ3v) is 6.47. The van der Waals surface area contributed by atoms with Gasteiger partial charge in [-0.2, -0.15) is 18.4 Å². The molecule has 0 bridgehead atoms. The predicted molar refractivity (Wildman–Crippen MR) is 100 cm³/mol. The van der Waals surface area contributed by atoms with Crippen molar-refractivity contribution in [2.24, 2.45) is 7.05 Å². The number of aromatic nitrogens is 4. The number of imidazole rings is 1. The fourth-order valence-electron chi connectivity index (χ4n) is 3.25. The summed E-state index contributed by atoms with van der Waals surface area (Å²) in [5, 5.41) is 9.45. The zero-order valence-corrected chi connectivity index (χ0v) is 16.4. The van der Waals surface area contributed by atoms with Crippen molar-refractivity contribution in [2.75, 3.05) is 5.75 Å². The van der Waals surface area contributed by atoms with E-state index in [0.29, 0.717) is 33.2 Å². The van der Waals surface area contributed by atoms with Crippen molar-refractivity contribution in [1.29, 1.82) is 5.26 Å². The predicted octanol–water partition coefficient (Wildman–Crippen LogP) is 3.73. The van der Waals surface area contributed by atoms with Crippen molar-refractivity contribution in [2.45, 2.75) is 36.3 Å². The highest BCUT2D eigenvalue weighted by atomic mass is 32.2. The number of rotatable bonds is 4. The van der Waals surface area contributed by atoms with Crippen LogP contribution in [0.2, 0.25) is 0 Å². The quantitative estimate of drug-likeness (QED) is 0.643. The number of fused-ring (bicyclic) bond motifs is 1. The van der Waals surface area contributed by atoms with Crippen LogP contribution in [0.3, 0.4) is 0 Å². The Hall–Kier alpha value is -2.80. The lowest BCUT2D eigenvalue weighted by Crippen LogP contribution is -2.09. The van der Waals surface area contributed by atoms with Crippen LogP contribution in [0, 0.1) is 11.3 Å². The zero-order chi connectivity index (χ0) is 21.0. The summed E-state index contributed by atoms with van der Waals surface area (Å²) in [6.07, 6.45) is -0.437. The summed E-state index contributed by atoms with van der Waals surface area (Å²) >= 11 is 0. The number of nitriles is 1. The van der Waals surface area contributed by atoms with Crippen molar-refractivity contribution in [3.8, 4) is 17.6 Å². The molecule has 10 heteroatoms. The molecule has 6 nitrogen and oxygen atoms in total. The Kier molecular flexibility index (Phi) is 4.46. The van der Waals surface area contributed by atoms with Crippen LogP contribution in [0.5, 0.6) is 0 Å². The van der Waals surface area contributed by atoms with Crippen molar-refractivity contribution < 1.29 is 17.4 Å². The fourth-order valence-corrected chi connectivity index (χ4v) is 4.18. The van der Waals surface area contributed by atoms with E-state index in [1.807, 2.05) is 0 Å². The van der Waals surface area contributed by atoms with Crippen molar-refractivity contribution in [3.63, 3.8) is 0 Å². The Morgan fingerprint density at radius 2 is 2.00 bits per heavy atom. The molecule has 3 aromatic rings. The van der Waals surface area contributed by atoms with E-state index in [2.05, 4.69) is 21.0 Å². The molecule has 0 aromatic carbocycles. The van der Waals surface area contributed by atoms with E-state index in [4.69, 9.17) is 0 Å². The monoisotopic (exact) mass is 419 g/mol. The highest BCUT2D eigenvalue weighted by Crippen LogP contribution is 2.48. The van der Waals surface area contributed by atoms with Crippen LogP contribution in [0.1, 0.15) is 31.0 Å². The Morgan fingerprint density at radius 1 is 1.28 bits per heavy atom. The Bertz CT molecular complexity index is 1190. The molecule has 1 atom stereocenters. The first-order chi connectivity index (χ1) is 13.7. The molecular formula is C19H16F3N5OS. The van der Waals surface area contributed by atoms with Gasteiger partial charge in [0.2, 0.25) is 0 Å². The molecule has 0 N–H and O–H groups in total. The van der Waals surface area contributed by atoms with Crippen LogP contribution >= 0.6 is 0 Å². The van der Waals surface area contributed by atoms with Gasteiger partial charge in [-0.15, -0.1) is 0 Å². The summed E-state index contributed by atoms with van der Waals surface area (Å²) in [5.74, 6) is 0.632. The molecule has 0 amide bonds. The van der Waals surface area contributed by atoms with E-state index < -0.39 is 28.1 Å². The zero-order valence-electron chi connectivity index (χ0n) is 15.6. The number of hydrogen-bond acceptors (Lipinski definition) is 5. The van der Waals surface area contributed by atoms with Crippen LogP contribution in [-0.2, 0) is 29.4 Å². The second-order valence-corrected chi connectivity index (χ2v) is 8.66. The summed E-state index contributed by atoms with van der Waals surface area (Å²) in [5.41, 5.74) is -0.0477. The maximum atomic E-state index is 13.0. The SMILES string of the molecule is CC[S@@](=O)c1cc(C2(C#N)CC2)cnc1-c1nc2cc(C(F)(F)F)ncc2n1C. The van der Waals surface area contributed by atoms with Crippen LogP contribution in [0.4, 0.5) is 13.2 Å². The number of halogens is 3. The van der Waals surface area contributed by atoms with Crippen molar-refractivity contribution in [3.05, 3.63) is 35.8 Å². The van der Waals surface area contributed by atoms with Gasteiger partial charge in [0.1, 0.15) is 11.4 Å². The Morgan fingerprint density at radius 3 is 2.59 bits per heavy atom. The first-order valence-corrected chi connectivity index (χ1v) is 10.2. The van der Waals surface area contributed by atoms with Crippen LogP contribution in [-0.4, -0.2) is 29.5 Å². The number of hydrogen-bond donors (Lipinski definition) is 0. The number of pyridine rings is 2. The molecule has 29 heavy (non-hydrogen) atoms. The van der Waals surface area contributed by atoms with Gasteiger partial charge in [0.15, 0.2) is 5.82 Å². The van der Waals surface area contributed by atoms with Gasteiger partial charge in [-0.05, 0) is 30.5 Å². The standard InChI is InChI=1S/C19H16F3N5OS/c1-3-29(28)14-6-11(18(10-23)4-5-18)8-25-16(14)17-26-12-7-15(19(20,21)22)24-9-13(12)27(17)2/h6-9H,3-5H2,1-2H3/t29-/m1/s1. The summed E-state index contributed by atoms with van der Waals surface area (Å²) in [6.45, 7) is 1.76. The smallest absolute Gasteiger partial charge is 0.325 e. The van der Waals surface area contributed by atoms with Gasteiger partial charge in [0.25, 0.3) is 0 Å². The van der Waals surface area contributed by atoms with Gasteiger partial charge >= 0.3 is 6.18 Å². The number of nitrogens with zero attached hydrogens (tertiary/aromatic N) is 5. The third-order valence-electron chi connectivity index (χ3n) is 5.15. The van der Waals surface area contributed by atoms with Gasteiger partial charge in [-0.25, -0.2) is 9.97 Å². The fraction of sp³-hybridized carbons (Fsp3) is 0.368. The van der Waals surface area contributed by atoms with E-state index in [9.17, 15) is 22.6 Å². The molecule has 0 spiro atoms. The molecule has 1 aliphatic carbocycles. The molecule has 1 fully saturated rings. The number of alkyl halides is 3. The maximum Gasteiger partial charge on any atom is 0.433 e.